The van der Waals surface area contributed by atoms with E-state index in [-0.39, 0.29) is 16.9 Å². The fourth-order valence-electron chi connectivity index (χ4n) is 1.54. The maximum atomic E-state index is 10.9. The van der Waals surface area contributed by atoms with E-state index in [1.807, 2.05) is 0 Å². The quantitative estimate of drug-likeness (QED) is 0.658. The van der Waals surface area contributed by atoms with Gasteiger partial charge in [-0.05, 0) is 24.6 Å². The van der Waals surface area contributed by atoms with Crippen LogP contribution >= 0.6 is 0 Å². The van der Waals surface area contributed by atoms with Crippen LogP contribution in [0.3, 0.4) is 0 Å². The normalized spacial score (nSPS) is 10.3. The van der Waals surface area contributed by atoms with Gasteiger partial charge < -0.3 is 5.11 Å². The molecule has 0 aliphatic heterocycles. The molecule has 0 fully saturated rings. The number of rotatable bonds is 3. The van der Waals surface area contributed by atoms with Crippen LogP contribution in [0.2, 0.25) is 0 Å². The Labute approximate surface area is 101 Å². The molecule has 1 aromatic carbocycles. The number of nitrogens with zero attached hydrogens (tertiary/aromatic N) is 3. The molecule has 92 valence electrons. The largest absolute Gasteiger partial charge is 0.478 e. The summed E-state index contributed by atoms with van der Waals surface area (Å²) < 4.78 is 1.35. The number of hydrogen-bond donors (Lipinski definition) is 1. The number of aromatic carboxylic acids is 1. The van der Waals surface area contributed by atoms with Gasteiger partial charge in [0.2, 0.25) is 0 Å². The van der Waals surface area contributed by atoms with Crippen LogP contribution in [0.1, 0.15) is 15.9 Å². The molecule has 0 aliphatic carbocycles. The number of nitro benzene ring substituents is 1. The molecule has 0 amide bonds. The number of aryl methyl sites for hydroxylation is 1. The summed E-state index contributed by atoms with van der Waals surface area (Å²) in [4.78, 5) is 21.1. The highest BCUT2D eigenvalue weighted by atomic mass is 16.6. The number of carboxylic acids is 1. The van der Waals surface area contributed by atoms with Crippen LogP contribution in [-0.2, 0) is 0 Å². The predicted molar refractivity (Wildman–Crippen MR) is 61.9 cm³/mol. The van der Waals surface area contributed by atoms with E-state index in [0.29, 0.717) is 0 Å². The first-order valence-corrected chi connectivity index (χ1v) is 5.02. The van der Waals surface area contributed by atoms with Crippen molar-refractivity contribution in [1.29, 1.82) is 0 Å². The molecule has 18 heavy (non-hydrogen) atoms. The fraction of sp³-hybridized carbons (Fsp3) is 0.0909. The molecule has 7 nitrogen and oxygen atoms in total. The lowest BCUT2D eigenvalue weighted by atomic mass is 10.2. The first-order chi connectivity index (χ1) is 8.49. The average Bonchev–Trinajstić information content (AvgIpc) is 2.74. The number of nitro groups is 1. The summed E-state index contributed by atoms with van der Waals surface area (Å²) in [6.07, 6.45) is 3.19. The molecule has 2 rings (SSSR count). The molecular formula is C11H9N3O4. The molecule has 0 atom stereocenters. The molecule has 0 saturated heterocycles. The average molecular weight is 247 g/mol. The van der Waals surface area contributed by atoms with Crippen LogP contribution in [0, 0.1) is 17.0 Å². The zero-order valence-corrected chi connectivity index (χ0v) is 9.40. The van der Waals surface area contributed by atoms with Gasteiger partial charge in [-0.2, -0.15) is 5.10 Å². The second-order valence-electron chi connectivity index (χ2n) is 3.73. The monoisotopic (exact) mass is 247 g/mol. The van der Waals surface area contributed by atoms with Crippen molar-refractivity contribution < 1.29 is 14.8 Å². The Kier molecular flexibility index (Phi) is 2.80. The topological polar surface area (TPSA) is 98.3 Å². The second-order valence-corrected chi connectivity index (χ2v) is 3.73. The van der Waals surface area contributed by atoms with Crippen molar-refractivity contribution in [3.8, 4) is 5.69 Å². The van der Waals surface area contributed by atoms with Crippen LogP contribution < -0.4 is 0 Å². The van der Waals surface area contributed by atoms with E-state index in [9.17, 15) is 14.9 Å². The highest BCUT2D eigenvalue weighted by Crippen LogP contribution is 2.24. The predicted octanol–water partition coefficient (Wildman–Crippen LogP) is 1.79. The minimum atomic E-state index is -1.21. The Balaban J connectivity index is 2.60. The van der Waals surface area contributed by atoms with Gasteiger partial charge in [-0.3, -0.25) is 10.1 Å². The zero-order chi connectivity index (χ0) is 13.3. The Morgan fingerprint density at radius 2 is 2.22 bits per heavy atom. The summed E-state index contributed by atoms with van der Waals surface area (Å²) in [6.45, 7) is 1.81. The standard InChI is InChI=1S/C11H9N3O4/c1-7-5-12-13(6-7)9-3-2-8(11(15)16)4-10(9)14(17)18/h2-6H,1H3,(H,15,16). The van der Waals surface area contributed by atoms with Gasteiger partial charge in [-0.15, -0.1) is 0 Å². The van der Waals surface area contributed by atoms with Gasteiger partial charge >= 0.3 is 5.97 Å². The number of aromatic nitrogens is 2. The van der Waals surface area contributed by atoms with Gasteiger partial charge in [-0.1, -0.05) is 0 Å². The van der Waals surface area contributed by atoms with Crippen molar-refractivity contribution in [3.05, 3.63) is 51.8 Å². The molecule has 1 heterocycles. The van der Waals surface area contributed by atoms with Gasteiger partial charge in [-0.25, -0.2) is 9.48 Å². The molecule has 1 aromatic heterocycles. The van der Waals surface area contributed by atoms with E-state index in [1.165, 1.54) is 16.8 Å². The lowest BCUT2D eigenvalue weighted by molar-refractivity contribution is -0.384. The van der Waals surface area contributed by atoms with E-state index < -0.39 is 10.9 Å². The van der Waals surface area contributed by atoms with Crippen molar-refractivity contribution in [3.63, 3.8) is 0 Å². The first-order valence-electron chi connectivity index (χ1n) is 5.02. The van der Waals surface area contributed by atoms with E-state index in [2.05, 4.69) is 5.10 Å². The van der Waals surface area contributed by atoms with Crippen LogP contribution in [0.4, 0.5) is 5.69 Å². The molecule has 0 saturated carbocycles. The molecular weight excluding hydrogens is 238 g/mol. The minimum absolute atomic E-state index is 0.130. The first kappa shape index (κ1) is 11.8. The molecule has 2 aromatic rings. The van der Waals surface area contributed by atoms with E-state index >= 15 is 0 Å². The van der Waals surface area contributed by atoms with Crippen LogP contribution in [-0.4, -0.2) is 25.8 Å². The van der Waals surface area contributed by atoms with Crippen molar-refractivity contribution in [2.45, 2.75) is 6.92 Å². The molecule has 0 spiro atoms. The minimum Gasteiger partial charge on any atom is -0.478 e. The van der Waals surface area contributed by atoms with Crippen LogP contribution in [0.15, 0.2) is 30.6 Å². The smallest absolute Gasteiger partial charge is 0.335 e. The van der Waals surface area contributed by atoms with Gasteiger partial charge in [0.15, 0.2) is 0 Å². The number of hydrogen-bond acceptors (Lipinski definition) is 4. The van der Waals surface area contributed by atoms with Crippen molar-refractivity contribution in [1.82, 2.24) is 9.78 Å². The van der Waals surface area contributed by atoms with Crippen molar-refractivity contribution in [2.75, 3.05) is 0 Å². The molecule has 0 radical (unpaired) electrons. The summed E-state index contributed by atoms with van der Waals surface area (Å²) in [6, 6.07) is 3.70. The van der Waals surface area contributed by atoms with E-state index in [0.717, 1.165) is 11.6 Å². The number of carboxylic acid groups (broad SMARTS) is 1. The van der Waals surface area contributed by atoms with Gasteiger partial charge in [0.1, 0.15) is 5.69 Å². The summed E-state index contributed by atoms with van der Waals surface area (Å²) in [7, 11) is 0. The highest BCUT2D eigenvalue weighted by Gasteiger charge is 2.18. The Hall–Kier alpha value is -2.70. The van der Waals surface area contributed by atoms with Crippen molar-refractivity contribution in [2.24, 2.45) is 0 Å². The molecule has 0 aliphatic rings. The molecule has 0 bridgehead atoms. The van der Waals surface area contributed by atoms with Gasteiger partial charge in [0, 0.05) is 12.3 Å². The van der Waals surface area contributed by atoms with Crippen LogP contribution in [0.25, 0.3) is 5.69 Å². The third kappa shape index (κ3) is 2.05. The zero-order valence-electron chi connectivity index (χ0n) is 9.40. The van der Waals surface area contributed by atoms with Crippen LogP contribution in [0.5, 0.6) is 0 Å². The Morgan fingerprint density at radius 3 is 2.72 bits per heavy atom. The van der Waals surface area contributed by atoms with Gasteiger partial charge in [0.05, 0.1) is 16.7 Å². The third-order valence-electron chi connectivity index (χ3n) is 2.38. The lowest BCUT2D eigenvalue weighted by Gasteiger charge is -2.03. The Morgan fingerprint density at radius 1 is 1.50 bits per heavy atom. The third-order valence-corrected chi connectivity index (χ3v) is 2.38. The maximum Gasteiger partial charge on any atom is 0.335 e. The Bertz CT molecular complexity index is 633. The highest BCUT2D eigenvalue weighted by molar-refractivity contribution is 5.89. The summed E-state index contributed by atoms with van der Waals surface area (Å²) in [5.74, 6) is -1.21. The maximum absolute atomic E-state index is 10.9. The van der Waals surface area contributed by atoms with E-state index in [4.69, 9.17) is 5.11 Å². The fourth-order valence-corrected chi connectivity index (χ4v) is 1.54. The summed E-state index contributed by atoms with van der Waals surface area (Å²) >= 11 is 0. The van der Waals surface area contributed by atoms with E-state index in [1.54, 1.807) is 19.3 Å². The second kappa shape index (κ2) is 4.28. The van der Waals surface area contributed by atoms with Crippen molar-refractivity contribution >= 4 is 11.7 Å². The number of carbonyl (C=O) groups is 1. The summed E-state index contributed by atoms with van der Waals surface area (Å²) in [5.41, 5.74) is 0.664. The van der Waals surface area contributed by atoms with Gasteiger partial charge in [0.25, 0.3) is 5.69 Å². The SMILES string of the molecule is Cc1cnn(-c2ccc(C(=O)O)cc2[N+](=O)[O-])c1. The lowest BCUT2D eigenvalue weighted by Crippen LogP contribution is -2.04. The molecule has 7 heteroatoms. The number of benzene rings is 1. The summed E-state index contributed by atoms with van der Waals surface area (Å²) in [5, 5.41) is 23.7. The molecule has 0 unspecified atom stereocenters. The molecule has 1 N–H and O–H groups in total.